The van der Waals surface area contributed by atoms with Crippen LogP contribution in [0, 0.1) is 0 Å². The van der Waals surface area contributed by atoms with Crippen molar-refractivity contribution < 1.29 is 18.0 Å². The number of fused-ring (bicyclic) bond motifs is 1. The Morgan fingerprint density at radius 2 is 2.13 bits per heavy atom. The van der Waals surface area contributed by atoms with E-state index in [0.717, 1.165) is 36.0 Å². The number of nitrogens with one attached hydrogen (secondary N) is 3. The Balaban J connectivity index is 1.35. The molecule has 3 N–H and O–H groups in total. The number of carbonyl (C=O) groups is 1. The Bertz CT molecular complexity index is 1030. The van der Waals surface area contributed by atoms with Gasteiger partial charge in [0, 0.05) is 31.0 Å². The first-order chi connectivity index (χ1) is 14.4. The molecular weight excluding hydrogens is 397 g/mol. The third kappa shape index (κ3) is 4.47. The molecule has 1 atom stereocenters. The fourth-order valence-electron chi connectivity index (χ4n) is 3.60. The molecule has 0 radical (unpaired) electrons. The highest BCUT2D eigenvalue weighted by Gasteiger charge is 2.30. The van der Waals surface area contributed by atoms with Gasteiger partial charge in [-0.25, -0.2) is 9.97 Å². The number of halogens is 3. The van der Waals surface area contributed by atoms with E-state index in [1.807, 2.05) is 6.07 Å². The summed E-state index contributed by atoms with van der Waals surface area (Å²) in [5.74, 6) is 0.552. The summed E-state index contributed by atoms with van der Waals surface area (Å²) in [6, 6.07) is 6.76. The van der Waals surface area contributed by atoms with E-state index in [1.54, 1.807) is 11.1 Å². The van der Waals surface area contributed by atoms with Crippen LogP contribution in [-0.2, 0) is 11.0 Å². The van der Waals surface area contributed by atoms with Crippen LogP contribution in [-0.4, -0.2) is 51.4 Å². The second-order valence-corrected chi connectivity index (χ2v) is 7.22. The van der Waals surface area contributed by atoms with Crippen LogP contribution in [0.15, 0.2) is 42.9 Å². The normalized spacial score (nSPS) is 17.2. The molecule has 0 spiro atoms. The van der Waals surface area contributed by atoms with Crippen LogP contribution in [0.25, 0.3) is 11.0 Å². The lowest BCUT2D eigenvalue weighted by atomic mass is 10.1. The quantitative estimate of drug-likeness (QED) is 0.591. The maximum absolute atomic E-state index is 12.8. The topological polar surface area (TPSA) is 85.9 Å². The van der Waals surface area contributed by atoms with Crippen molar-refractivity contribution in [2.24, 2.45) is 0 Å². The first-order valence-corrected chi connectivity index (χ1v) is 9.64. The zero-order chi connectivity index (χ0) is 21.1. The summed E-state index contributed by atoms with van der Waals surface area (Å²) in [6.45, 7) is 1.05. The molecule has 3 aromatic rings. The van der Waals surface area contributed by atoms with Gasteiger partial charge in [-0.15, -0.1) is 0 Å². The SMILES string of the molecule is O=C(CNc1cccc(C(F)(F)F)c1)N1CCC[C@H](Nc2ncnc3[nH]ccc23)C1. The molecule has 4 rings (SSSR count). The van der Waals surface area contributed by atoms with E-state index in [1.165, 1.54) is 18.5 Å². The predicted molar refractivity (Wildman–Crippen MR) is 107 cm³/mol. The van der Waals surface area contributed by atoms with Crippen LogP contribution in [0.4, 0.5) is 24.7 Å². The Kier molecular flexibility index (Phi) is 5.47. The molecule has 1 aromatic carbocycles. The summed E-state index contributed by atoms with van der Waals surface area (Å²) in [6.07, 6.45) is 0.570. The second-order valence-electron chi connectivity index (χ2n) is 7.22. The molecule has 2 aromatic heterocycles. The van der Waals surface area contributed by atoms with Crippen molar-refractivity contribution >= 4 is 28.4 Å². The smallest absolute Gasteiger partial charge is 0.376 e. The maximum atomic E-state index is 12.8. The van der Waals surface area contributed by atoms with Gasteiger partial charge in [0.2, 0.25) is 5.91 Å². The molecule has 30 heavy (non-hydrogen) atoms. The zero-order valence-corrected chi connectivity index (χ0v) is 16.0. The van der Waals surface area contributed by atoms with Gasteiger partial charge < -0.3 is 20.5 Å². The molecule has 1 saturated heterocycles. The van der Waals surface area contributed by atoms with Crippen molar-refractivity contribution in [1.82, 2.24) is 19.9 Å². The summed E-state index contributed by atoms with van der Waals surface area (Å²) >= 11 is 0. The van der Waals surface area contributed by atoms with Gasteiger partial charge in [0.1, 0.15) is 17.8 Å². The molecule has 158 valence electrons. The Hall–Kier alpha value is -3.30. The number of rotatable bonds is 5. The number of hydrogen-bond donors (Lipinski definition) is 3. The van der Waals surface area contributed by atoms with Crippen LogP contribution in [0.2, 0.25) is 0 Å². The van der Waals surface area contributed by atoms with E-state index in [0.29, 0.717) is 18.9 Å². The minimum atomic E-state index is -4.42. The lowest BCUT2D eigenvalue weighted by Gasteiger charge is -2.33. The molecule has 1 amide bonds. The average Bonchev–Trinajstić information content (AvgIpc) is 3.22. The van der Waals surface area contributed by atoms with E-state index in [2.05, 4.69) is 25.6 Å². The van der Waals surface area contributed by atoms with Crippen molar-refractivity contribution in [2.75, 3.05) is 30.3 Å². The van der Waals surface area contributed by atoms with Crippen LogP contribution < -0.4 is 10.6 Å². The number of H-pyrrole nitrogens is 1. The van der Waals surface area contributed by atoms with Gasteiger partial charge >= 0.3 is 6.18 Å². The Labute approximate surface area is 170 Å². The molecule has 0 saturated carbocycles. The van der Waals surface area contributed by atoms with Crippen molar-refractivity contribution in [3.8, 4) is 0 Å². The molecule has 0 aliphatic carbocycles. The van der Waals surface area contributed by atoms with Crippen LogP contribution >= 0.6 is 0 Å². The number of nitrogens with zero attached hydrogens (tertiary/aromatic N) is 3. The number of benzene rings is 1. The molecular formula is C20H21F3N6O. The minimum Gasteiger partial charge on any atom is -0.376 e. The third-order valence-electron chi connectivity index (χ3n) is 5.10. The van der Waals surface area contributed by atoms with Gasteiger partial charge in [-0.05, 0) is 37.1 Å². The van der Waals surface area contributed by atoms with E-state index in [9.17, 15) is 18.0 Å². The van der Waals surface area contributed by atoms with Crippen LogP contribution in [0.3, 0.4) is 0 Å². The van der Waals surface area contributed by atoms with E-state index < -0.39 is 11.7 Å². The molecule has 1 aliphatic rings. The standard InChI is InChI=1S/C20H21F3N6O/c21-20(22,23)13-3-1-4-14(9-13)25-10-17(30)29-8-2-5-15(11-29)28-19-16-6-7-24-18(16)26-12-27-19/h1,3-4,6-7,9,12,15,25H,2,5,8,10-11H2,(H2,24,26,27,28)/t15-/m0/s1. The molecule has 0 bridgehead atoms. The van der Waals surface area contributed by atoms with Gasteiger partial charge in [0.25, 0.3) is 0 Å². The third-order valence-corrected chi connectivity index (χ3v) is 5.10. The fraction of sp³-hybridized carbons (Fsp3) is 0.350. The monoisotopic (exact) mass is 418 g/mol. The maximum Gasteiger partial charge on any atom is 0.416 e. The number of piperidine rings is 1. The second kappa shape index (κ2) is 8.21. The first-order valence-electron chi connectivity index (χ1n) is 9.64. The largest absolute Gasteiger partial charge is 0.416 e. The molecule has 0 unspecified atom stereocenters. The fourth-order valence-corrected chi connectivity index (χ4v) is 3.60. The summed E-state index contributed by atoms with van der Waals surface area (Å²) in [5.41, 5.74) is 0.255. The molecule has 1 fully saturated rings. The highest BCUT2D eigenvalue weighted by atomic mass is 19.4. The summed E-state index contributed by atoms with van der Waals surface area (Å²) < 4.78 is 38.5. The van der Waals surface area contributed by atoms with E-state index in [4.69, 9.17) is 0 Å². The summed E-state index contributed by atoms with van der Waals surface area (Å²) in [5, 5.41) is 7.07. The Morgan fingerprint density at radius 1 is 1.27 bits per heavy atom. The highest BCUT2D eigenvalue weighted by molar-refractivity contribution is 5.87. The number of anilines is 2. The summed E-state index contributed by atoms with van der Waals surface area (Å²) in [4.78, 5) is 25.8. The number of aromatic nitrogens is 3. The van der Waals surface area contributed by atoms with Gasteiger partial charge in [-0.3, -0.25) is 4.79 Å². The van der Waals surface area contributed by atoms with Crippen molar-refractivity contribution in [3.05, 3.63) is 48.4 Å². The Morgan fingerprint density at radius 3 is 2.97 bits per heavy atom. The zero-order valence-electron chi connectivity index (χ0n) is 16.0. The lowest BCUT2D eigenvalue weighted by Crippen LogP contribution is -2.47. The van der Waals surface area contributed by atoms with Crippen LogP contribution in [0.5, 0.6) is 0 Å². The number of aromatic amines is 1. The number of hydrogen-bond acceptors (Lipinski definition) is 5. The minimum absolute atomic E-state index is 0.0317. The molecule has 3 heterocycles. The predicted octanol–water partition coefficient (Wildman–Crippen LogP) is 3.49. The average molecular weight is 418 g/mol. The number of carbonyl (C=O) groups excluding carboxylic acids is 1. The van der Waals surface area contributed by atoms with E-state index >= 15 is 0 Å². The number of likely N-dealkylation sites (tertiary alicyclic amines) is 1. The lowest BCUT2D eigenvalue weighted by molar-refractivity contribution is -0.137. The van der Waals surface area contributed by atoms with Gasteiger partial charge in [-0.2, -0.15) is 13.2 Å². The van der Waals surface area contributed by atoms with Crippen molar-refractivity contribution in [3.63, 3.8) is 0 Å². The summed E-state index contributed by atoms with van der Waals surface area (Å²) in [7, 11) is 0. The van der Waals surface area contributed by atoms with Gasteiger partial charge in [0.05, 0.1) is 17.5 Å². The number of alkyl halides is 3. The van der Waals surface area contributed by atoms with Crippen LogP contribution in [0.1, 0.15) is 18.4 Å². The molecule has 10 heteroatoms. The van der Waals surface area contributed by atoms with Crippen molar-refractivity contribution in [1.29, 1.82) is 0 Å². The highest BCUT2D eigenvalue weighted by Crippen LogP contribution is 2.30. The number of amides is 1. The molecule has 7 nitrogen and oxygen atoms in total. The van der Waals surface area contributed by atoms with Gasteiger partial charge in [-0.1, -0.05) is 6.07 Å². The van der Waals surface area contributed by atoms with Gasteiger partial charge in [0.15, 0.2) is 0 Å². The van der Waals surface area contributed by atoms with Crippen molar-refractivity contribution in [2.45, 2.75) is 25.1 Å². The molecule has 1 aliphatic heterocycles. The van der Waals surface area contributed by atoms with E-state index in [-0.39, 0.29) is 24.2 Å². The first kappa shape index (κ1) is 20.0.